The quantitative estimate of drug-likeness (QED) is 0.753. The first-order valence-electron chi connectivity index (χ1n) is 9.48. The molecule has 0 spiro atoms. The maximum atomic E-state index is 12.8. The van der Waals surface area contributed by atoms with E-state index in [0.29, 0.717) is 22.2 Å². The Bertz CT molecular complexity index is 872. The summed E-state index contributed by atoms with van der Waals surface area (Å²) in [5.41, 5.74) is 3.13. The number of ether oxygens (including phenoxy) is 1. The van der Waals surface area contributed by atoms with Crippen LogP contribution in [-0.4, -0.2) is 45.7 Å². The Labute approximate surface area is 170 Å². The fourth-order valence-electron chi connectivity index (χ4n) is 3.48. The second-order valence-corrected chi connectivity index (χ2v) is 8.69. The van der Waals surface area contributed by atoms with E-state index in [9.17, 15) is 9.59 Å². The third-order valence-electron chi connectivity index (χ3n) is 5.25. The van der Waals surface area contributed by atoms with Crippen LogP contribution in [0, 0.1) is 0 Å². The van der Waals surface area contributed by atoms with Crippen LogP contribution < -0.4 is 15.1 Å². The van der Waals surface area contributed by atoms with Crippen molar-refractivity contribution in [1.29, 1.82) is 0 Å². The van der Waals surface area contributed by atoms with E-state index in [0.717, 1.165) is 35.6 Å². The number of rotatable bonds is 5. The molecule has 1 amide bonds. The van der Waals surface area contributed by atoms with Gasteiger partial charge in [-0.3, -0.25) is 4.79 Å². The van der Waals surface area contributed by atoms with Crippen LogP contribution in [0.25, 0.3) is 0 Å². The molecule has 1 aromatic carbocycles. The molecule has 1 aliphatic rings. The first-order valence-corrected chi connectivity index (χ1v) is 10.3. The highest BCUT2D eigenvalue weighted by molar-refractivity contribution is 7.17. The van der Waals surface area contributed by atoms with Gasteiger partial charge in [0.25, 0.3) is 5.91 Å². The number of anilines is 2. The van der Waals surface area contributed by atoms with Crippen LogP contribution in [0.4, 0.5) is 10.7 Å². The number of nitrogens with one attached hydrogen (secondary N) is 2. The van der Waals surface area contributed by atoms with E-state index >= 15 is 0 Å². The Morgan fingerprint density at radius 1 is 1.21 bits per heavy atom. The van der Waals surface area contributed by atoms with Crippen molar-refractivity contribution in [1.82, 2.24) is 0 Å². The molecule has 1 atom stereocenters. The number of esters is 1. The first-order chi connectivity index (χ1) is 13.3. The number of carbonyl (C=O) groups excluding carboxylic acids is 2. The second-order valence-electron chi connectivity index (χ2n) is 7.58. The zero-order valence-corrected chi connectivity index (χ0v) is 17.9. The van der Waals surface area contributed by atoms with Crippen LogP contribution in [0.5, 0.6) is 0 Å². The van der Waals surface area contributed by atoms with Gasteiger partial charge in [0.15, 0.2) is 0 Å². The topological polar surface area (TPSA) is 63.1 Å². The van der Waals surface area contributed by atoms with Crippen LogP contribution >= 0.6 is 11.3 Å². The highest BCUT2D eigenvalue weighted by atomic mass is 32.1. The predicted octanol–water partition coefficient (Wildman–Crippen LogP) is 2.20. The third kappa shape index (κ3) is 4.05. The standard InChI is InChI=1S/C21H27N3O3S/c1-13(2)24-11-10-16-17(12-24)28-20(18(16)21(26)27-5)22-19(25)14-6-8-15(9-7-14)23(3)4/h6-9,13H,10-12H2,1-5H3,(H,22,25)/p+1. The zero-order valence-electron chi connectivity index (χ0n) is 17.1. The molecule has 28 heavy (non-hydrogen) atoms. The fraction of sp³-hybridized carbons (Fsp3) is 0.429. The lowest BCUT2D eigenvalue weighted by molar-refractivity contribution is -0.936. The van der Waals surface area contributed by atoms with Gasteiger partial charge >= 0.3 is 5.97 Å². The fourth-order valence-corrected chi connectivity index (χ4v) is 4.77. The Kier molecular flexibility index (Phi) is 6.05. The summed E-state index contributed by atoms with van der Waals surface area (Å²) < 4.78 is 5.01. The predicted molar refractivity (Wildman–Crippen MR) is 113 cm³/mol. The molecule has 1 unspecified atom stereocenters. The number of hydrogen-bond donors (Lipinski definition) is 2. The van der Waals surface area contributed by atoms with E-state index in [-0.39, 0.29) is 11.9 Å². The molecule has 0 saturated carbocycles. The van der Waals surface area contributed by atoms with Crippen molar-refractivity contribution in [2.24, 2.45) is 0 Å². The van der Waals surface area contributed by atoms with Crippen molar-refractivity contribution in [3.05, 3.63) is 45.8 Å². The van der Waals surface area contributed by atoms with Crippen LogP contribution in [0.3, 0.4) is 0 Å². The SMILES string of the molecule is COC(=O)c1c(NC(=O)c2ccc(N(C)C)cc2)sc2c1CC[NH+](C(C)C)C2. The molecule has 0 aliphatic carbocycles. The molecular weight excluding hydrogens is 374 g/mol. The highest BCUT2D eigenvalue weighted by Gasteiger charge is 2.32. The largest absolute Gasteiger partial charge is 0.465 e. The van der Waals surface area contributed by atoms with Gasteiger partial charge in [-0.2, -0.15) is 0 Å². The number of carbonyl (C=O) groups is 2. The van der Waals surface area contributed by atoms with Gasteiger partial charge in [0.2, 0.25) is 0 Å². The van der Waals surface area contributed by atoms with E-state index in [1.165, 1.54) is 23.3 Å². The third-order valence-corrected chi connectivity index (χ3v) is 6.40. The van der Waals surface area contributed by atoms with Crippen molar-refractivity contribution in [3.63, 3.8) is 0 Å². The van der Waals surface area contributed by atoms with Gasteiger partial charge < -0.3 is 19.9 Å². The van der Waals surface area contributed by atoms with Gasteiger partial charge in [0.1, 0.15) is 11.5 Å². The van der Waals surface area contributed by atoms with Crippen molar-refractivity contribution in [2.45, 2.75) is 32.9 Å². The minimum absolute atomic E-state index is 0.220. The number of benzene rings is 1. The summed E-state index contributed by atoms with van der Waals surface area (Å²) in [6, 6.07) is 7.91. The molecule has 0 saturated heterocycles. The van der Waals surface area contributed by atoms with E-state index in [1.54, 1.807) is 12.1 Å². The summed E-state index contributed by atoms with van der Waals surface area (Å²) in [5, 5.41) is 3.53. The first kappa shape index (κ1) is 20.4. The molecule has 1 aromatic heterocycles. The molecular formula is C21H28N3O3S+. The second kappa shape index (κ2) is 8.32. The summed E-state index contributed by atoms with van der Waals surface area (Å²) in [6.07, 6.45) is 0.817. The van der Waals surface area contributed by atoms with Crippen molar-refractivity contribution >= 4 is 33.9 Å². The normalized spacial score (nSPS) is 15.9. The molecule has 2 N–H and O–H groups in total. The number of quaternary nitrogens is 1. The summed E-state index contributed by atoms with van der Waals surface area (Å²) in [7, 11) is 5.29. The molecule has 0 radical (unpaired) electrons. The summed E-state index contributed by atoms with van der Waals surface area (Å²) in [6.45, 7) is 6.25. The molecule has 6 nitrogen and oxygen atoms in total. The van der Waals surface area contributed by atoms with Crippen LogP contribution in [0.2, 0.25) is 0 Å². The number of nitrogens with zero attached hydrogens (tertiary/aromatic N) is 1. The Hall–Kier alpha value is -2.38. The van der Waals surface area contributed by atoms with Crippen LogP contribution in [0.1, 0.15) is 45.0 Å². The zero-order chi connectivity index (χ0) is 20.4. The summed E-state index contributed by atoms with van der Waals surface area (Å²) in [4.78, 5) is 29.8. The highest BCUT2D eigenvalue weighted by Crippen LogP contribution is 2.35. The molecule has 2 heterocycles. The molecule has 3 rings (SSSR count). The number of amides is 1. The van der Waals surface area contributed by atoms with E-state index < -0.39 is 0 Å². The van der Waals surface area contributed by atoms with Gasteiger partial charge in [-0.15, -0.1) is 11.3 Å². The van der Waals surface area contributed by atoms with Crippen LogP contribution in [0.15, 0.2) is 24.3 Å². The van der Waals surface area contributed by atoms with Gasteiger partial charge in [-0.1, -0.05) is 0 Å². The molecule has 7 heteroatoms. The number of methoxy groups -OCH3 is 1. The molecule has 0 fully saturated rings. The lowest BCUT2D eigenvalue weighted by Gasteiger charge is -2.27. The molecule has 0 bridgehead atoms. The minimum Gasteiger partial charge on any atom is -0.465 e. The monoisotopic (exact) mass is 402 g/mol. The number of thiophene rings is 1. The Morgan fingerprint density at radius 2 is 1.89 bits per heavy atom. The van der Waals surface area contributed by atoms with E-state index in [2.05, 4.69) is 19.2 Å². The minimum atomic E-state index is -0.385. The summed E-state index contributed by atoms with van der Waals surface area (Å²) >= 11 is 1.50. The van der Waals surface area contributed by atoms with Gasteiger partial charge in [0.05, 0.1) is 30.1 Å². The van der Waals surface area contributed by atoms with Gasteiger partial charge in [-0.25, -0.2) is 4.79 Å². The molecule has 2 aromatic rings. The van der Waals surface area contributed by atoms with Gasteiger partial charge in [-0.05, 0) is 43.7 Å². The number of fused-ring (bicyclic) bond motifs is 1. The summed E-state index contributed by atoms with van der Waals surface area (Å²) in [5.74, 6) is -0.606. The van der Waals surface area contributed by atoms with Crippen LogP contribution in [-0.2, 0) is 17.7 Å². The van der Waals surface area contributed by atoms with E-state index in [1.807, 2.05) is 31.1 Å². The maximum absolute atomic E-state index is 12.8. The van der Waals surface area contributed by atoms with Crippen molar-refractivity contribution < 1.29 is 19.2 Å². The maximum Gasteiger partial charge on any atom is 0.341 e. The van der Waals surface area contributed by atoms with E-state index in [4.69, 9.17) is 4.74 Å². The van der Waals surface area contributed by atoms with Gasteiger partial charge in [0, 0.05) is 31.8 Å². The Morgan fingerprint density at radius 3 is 2.46 bits per heavy atom. The Balaban J connectivity index is 1.88. The van der Waals surface area contributed by atoms with Crippen molar-refractivity contribution in [2.75, 3.05) is 38.0 Å². The molecule has 150 valence electrons. The molecule has 1 aliphatic heterocycles. The average molecular weight is 403 g/mol. The lowest BCUT2D eigenvalue weighted by Crippen LogP contribution is -3.14. The number of hydrogen-bond acceptors (Lipinski definition) is 5. The van der Waals surface area contributed by atoms with Crippen molar-refractivity contribution in [3.8, 4) is 0 Å². The lowest BCUT2D eigenvalue weighted by atomic mass is 10.0. The smallest absolute Gasteiger partial charge is 0.341 e. The average Bonchev–Trinajstić information content (AvgIpc) is 3.04.